The number of nitrogens with zero attached hydrogens (tertiary/aromatic N) is 2. The summed E-state index contributed by atoms with van der Waals surface area (Å²) < 4.78 is 0. The smallest absolute Gasteiger partial charge is 0.0716 e. The molecule has 272 valence electrons. The summed E-state index contributed by atoms with van der Waals surface area (Å²) >= 11 is 0. The van der Waals surface area contributed by atoms with Crippen LogP contribution in [-0.4, -0.2) is 9.97 Å². The monoisotopic (exact) mass is 738 g/mol. The van der Waals surface area contributed by atoms with Crippen molar-refractivity contribution in [2.75, 3.05) is 0 Å². The normalized spacial score (nSPS) is 11.1. The minimum absolute atomic E-state index is 0.936. The third-order valence-corrected chi connectivity index (χ3v) is 10.8. The molecule has 0 saturated heterocycles. The Morgan fingerprint density at radius 1 is 0.207 bits per heavy atom. The van der Waals surface area contributed by atoms with Gasteiger partial charge in [0.2, 0.25) is 0 Å². The van der Waals surface area contributed by atoms with Gasteiger partial charge in [-0.1, -0.05) is 182 Å². The molecule has 2 aromatic heterocycles. The summed E-state index contributed by atoms with van der Waals surface area (Å²) in [6.07, 6.45) is 0. The SMILES string of the molecule is c1ccc(-c2cccc(-c3ccc4nc(-c5cccc(-c6ccccc6)c5)cc(-c5cccc(-c6cc(-c7ccccc7)nc(-c7ccccc7)c6)c5)c4c3)c2)cc1. The van der Waals surface area contributed by atoms with E-state index in [1.54, 1.807) is 0 Å². The van der Waals surface area contributed by atoms with Gasteiger partial charge in [-0.15, -0.1) is 0 Å². The van der Waals surface area contributed by atoms with Crippen molar-refractivity contribution in [3.8, 4) is 89.4 Å². The number of aromatic nitrogens is 2. The zero-order valence-electron chi connectivity index (χ0n) is 31.8. The van der Waals surface area contributed by atoms with Crippen LogP contribution in [0.25, 0.3) is 100 Å². The van der Waals surface area contributed by atoms with E-state index in [9.17, 15) is 0 Å². The van der Waals surface area contributed by atoms with E-state index in [-0.39, 0.29) is 0 Å². The Balaban J connectivity index is 1.14. The first-order valence-corrected chi connectivity index (χ1v) is 19.7. The van der Waals surface area contributed by atoms with Crippen molar-refractivity contribution in [3.63, 3.8) is 0 Å². The van der Waals surface area contributed by atoms with Gasteiger partial charge in [-0.05, 0) is 104 Å². The molecule has 0 saturated carbocycles. The molecule has 2 heterocycles. The molecular weight excluding hydrogens is 701 g/mol. The standard InChI is InChI=1S/C56H38N2/c1-5-16-39(17-6-1)43-24-13-26-45(32-43)47-30-31-53-52(35-47)51(38-56(57-53)49-29-15-25-44(34-49)40-18-7-2-8-19-40)48-28-14-27-46(33-48)50-36-54(41-20-9-3-10-21-41)58-55(37-50)42-22-11-4-12-23-42/h1-38H. The summed E-state index contributed by atoms with van der Waals surface area (Å²) in [5.41, 5.74) is 18.6. The highest BCUT2D eigenvalue weighted by molar-refractivity contribution is 6.00. The maximum absolute atomic E-state index is 5.33. The molecule has 0 unspecified atom stereocenters. The van der Waals surface area contributed by atoms with E-state index in [1.807, 2.05) is 12.1 Å². The van der Waals surface area contributed by atoms with Crippen LogP contribution in [0.1, 0.15) is 0 Å². The third-order valence-electron chi connectivity index (χ3n) is 10.8. The molecule has 0 bridgehead atoms. The van der Waals surface area contributed by atoms with Crippen molar-refractivity contribution in [3.05, 3.63) is 231 Å². The Kier molecular flexibility index (Phi) is 9.27. The van der Waals surface area contributed by atoms with Gasteiger partial charge in [-0.3, -0.25) is 0 Å². The number of rotatable bonds is 8. The fourth-order valence-electron chi connectivity index (χ4n) is 7.87. The van der Waals surface area contributed by atoms with Gasteiger partial charge in [0.05, 0.1) is 22.6 Å². The molecule has 2 heteroatoms. The lowest BCUT2D eigenvalue weighted by atomic mass is 9.92. The van der Waals surface area contributed by atoms with Crippen LogP contribution in [-0.2, 0) is 0 Å². The molecule has 0 aliphatic heterocycles. The molecule has 0 spiro atoms. The van der Waals surface area contributed by atoms with E-state index in [1.165, 1.54) is 27.8 Å². The van der Waals surface area contributed by atoms with Crippen LogP contribution in [0.3, 0.4) is 0 Å². The number of pyridine rings is 2. The Morgan fingerprint density at radius 2 is 0.586 bits per heavy atom. The molecule has 0 atom stereocenters. The van der Waals surface area contributed by atoms with Gasteiger partial charge in [0.25, 0.3) is 0 Å². The van der Waals surface area contributed by atoms with Crippen LogP contribution < -0.4 is 0 Å². The molecule has 10 rings (SSSR count). The number of fused-ring (bicyclic) bond motifs is 1. The maximum atomic E-state index is 5.33. The minimum atomic E-state index is 0.936. The molecule has 0 aliphatic rings. The zero-order valence-corrected chi connectivity index (χ0v) is 31.8. The lowest BCUT2D eigenvalue weighted by molar-refractivity contribution is 1.32. The Labute approximate surface area is 339 Å². The van der Waals surface area contributed by atoms with Crippen molar-refractivity contribution in [2.45, 2.75) is 0 Å². The van der Waals surface area contributed by atoms with Gasteiger partial charge in [0.1, 0.15) is 0 Å². The average molecular weight is 739 g/mol. The van der Waals surface area contributed by atoms with Gasteiger partial charge in [0.15, 0.2) is 0 Å². The lowest BCUT2D eigenvalue weighted by Gasteiger charge is -2.15. The van der Waals surface area contributed by atoms with E-state index >= 15 is 0 Å². The summed E-state index contributed by atoms with van der Waals surface area (Å²) in [5, 5.41) is 1.10. The first kappa shape index (κ1) is 34.8. The molecule has 8 aromatic carbocycles. The topological polar surface area (TPSA) is 25.8 Å². The second kappa shape index (κ2) is 15.5. The lowest BCUT2D eigenvalue weighted by Crippen LogP contribution is -1.93. The molecule has 0 fully saturated rings. The van der Waals surface area contributed by atoms with Crippen LogP contribution in [0, 0.1) is 0 Å². The second-order valence-corrected chi connectivity index (χ2v) is 14.6. The number of benzene rings is 8. The van der Waals surface area contributed by atoms with Crippen molar-refractivity contribution < 1.29 is 0 Å². The van der Waals surface area contributed by atoms with Crippen LogP contribution in [0.2, 0.25) is 0 Å². The fourth-order valence-corrected chi connectivity index (χ4v) is 7.87. The van der Waals surface area contributed by atoms with Crippen molar-refractivity contribution in [2.24, 2.45) is 0 Å². The van der Waals surface area contributed by atoms with Gasteiger partial charge >= 0.3 is 0 Å². The largest absolute Gasteiger partial charge is 0.248 e. The quantitative estimate of drug-likeness (QED) is 0.155. The highest BCUT2D eigenvalue weighted by Gasteiger charge is 2.15. The van der Waals surface area contributed by atoms with E-state index in [0.717, 1.165) is 72.5 Å². The van der Waals surface area contributed by atoms with Crippen LogP contribution in [0.5, 0.6) is 0 Å². The van der Waals surface area contributed by atoms with Crippen LogP contribution in [0.15, 0.2) is 231 Å². The first-order chi connectivity index (χ1) is 28.7. The van der Waals surface area contributed by atoms with Crippen molar-refractivity contribution in [1.29, 1.82) is 0 Å². The summed E-state index contributed by atoms with van der Waals surface area (Å²) in [5.74, 6) is 0. The molecule has 0 amide bonds. The molecule has 10 aromatic rings. The van der Waals surface area contributed by atoms with Crippen LogP contribution in [0.4, 0.5) is 0 Å². The summed E-state index contributed by atoms with van der Waals surface area (Å²) in [6.45, 7) is 0. The molecule has 0 aliphatic carbocycles. The predicted molar refractivity (Wildman–Crippen MR) is 243 cm³/mol. The van der Waals surface area contributed by atoms with Gasteiger partial charge in [0, 0.05) is 22.1 Å². The molecule has 2 nitrogen and oxygen atoms in total. The Morgan fingerprint density at radius 3 is 1.14 bits per heavy atom. The summed E-state index contributed by atoms with van der Waals surface area (Å²) in [4.78, 5) is 10.5. The highest BCUT2D eigenvalue weighted by Crippen LogP contribution is 2.39. The van der Waals surface area contributed by atoms with E-state index in [0.29, 0.717) is 0 Å². The van der Waals surface area contributed by atoms with Crippen LogP contribution >= 0.6 is 0 Å². The summed E-state index contributed by atoms with van der Waals surface area (Å²) in [6, 6.07) is 81.8. The Hall–Kier alpha value is -7.68. The molecule has 0 N–H and O–H groups in total. The minimum Gasteiger partial charge on any atom is -0.248 e. The molecule has 0 radical (unpaired) electrons. The highest BCUT2D eigenvalue weighted by atomic mass is 14.7. The van der Waals surface area contributed by atoms with Gasteiger partial charge in [-0.2, -0.15) is 0 Å². The number of hydrogen-bond donors (Lipinski definition) is 0. The van der Waals surface area contributed by atoms with E-state index in [4.69, 9.17) is 9.97 Å². The Bertz CT molecular complexity index is 2970. The third kappa shape index (κ3) is 7.11. The average Bonchev–Trinajstić information content (AvgIpc) is 3.32. The van der Waals surface area contributed by atoms with Gasteiger partial charge < -0.3 is 0 Å². The zero-order chi connectivity index (χ0) is 38.7. The van der Waals surface area contributed by atoms with E-state index in [2.05, 4.69) is 218 Å². The van der Waals surface area contributed by atoms with Crippen molar-refractivity contribution in [1.82, 2.24) is 9.97 Å². The fraction of sp³-hybridized carbons (Fsp3) is 0. The second-order valence-electron chi connectivity index (χ2n) is 14.6. The molecular formula is C56H38N2. The number of hydrogen-bond acceptors (Lipinski definition) is 2. The van der Waals surface area contributed by atoms with E-state index < -0.39 is 0 Å². The maximum Gasteiger partial charge on any atom is 0.0716 e. The predicted octanol–water partition coefficient (Wildman–Crippen LogP) is 15.0. The summed E-state index contributed by atoms with van der Waals surface area (Å²) in [7, 11) is 0. The van der Waals surface area contributed by atoms with Crippen molar-refractivity contribution >= 4 is 10.9 Å². The first-order valence-electron chi connectivity index (χ1n) is 19.7. The van der Waals surface area contributed by atoms with Gasteiger partial charge in [-0.25, -0.2) is 9.97 Å². The molecule has 58 heavy (non-hydrogen) atoms.